The zero-order chi connectivity index (χ0) is 15.2. The normalized spacial score (nSPS) is 10.2. The fourth-order valence-electron chi connectivity index (χ4n) is 1.88. The molecule has 1 amide bonds. The summed E-state index contributed by atoms with van der Waals surface area (Å²) in [6.45, 7) is 0.308. The minimum Gasteiger partial charge on any atom is -0.497 e. The Balaban J connectivity index is 1.90. The highest BCUT2D eigenvalue weighted by Crippen LogP contribution is 2.16. The van der Waals surface area contributed by atoms with Gasteiger partial charge in [-0.05, 0) is 35.4 Å². The summed E-state index contributed by atoms with van der Waals surface area (Å²) in [5, 5.41) is 2.82. The number of nitrogens with one attached hydrogen (secondary N) is 1. The summed E-state index contributed by atoms with van der Waals surface area (Å²) >= 11 is 5.69. The van der Waals surface area contributed by atoms with Crippen LogP contribution in [0.25, 0.3) is 0 Å². The van der Waals surface area contributed by atoms with Crippen LogP contribution in [-0.2, 0) is 17.8 Å². The van der Waals surface area contributed by atoms with Crippen LogP contribution in [0.3, 0.4) is 0 Å². The highest BCUT2D eigenvalue weighted by Gasteiger charge is 2.06. The SMILES string of the molecule is COc1cccc(CC(=O)NCc2ccc(F)c(Cl)c2)c1. The minimum atomic E-state index is -0.469. The van der Waals surface area contributed by atoms with E-state index >= 15 is 0 Å². The zero-order valence-electron chi connectivity index (χ0n) is 11.5. The number of amides is 1. The molecule has 5 heteroatoms. The first kappa shape index (κ1) is 15.3. The van der Waals surface area contributed by atoms with Crippen molar-refractivity contribution in [3.63, 3.8) is 0 Å². The molecule has 0 radical (unpaired) electrons. The summed E-state index contributed by atoms with van der Waals surface area (Å²) in [5.74, 6) is 0.123. The molecule has 0 fully saturated rings. The third kappa shape index (κ3) is 4.46. The lowest BCUT2D eigenvalue weighted by Gasteiger charge is -2.07. The number of carbonyl (C=O) groups is 1. The third-order valence-corrected chi connectivity index (χ3v) is 3.26. The number of hydrogen-bond acceptors (Lipinski definition) is 2. The van der Waals surface area contributed by atoms with Gasteiger partial charge in [-0.1, -0.05) is 29.8 Å². The van der Waals surface area contributed by atoms with E-state index in [1.54, 1.807) is 13.2 Å². The summed E-state index contributed by atoms with van der Waals surface area (Å²) in [5.41, 5.74) is 1.62. The van der Waals surface area contributed by atoms with Gasteiger partial charge in [0.25, 0.3) is 0 Å². The molecule has 0 atom stereocenters. The molecule has 21 heavy (non-hydrogen) atoms. The third-order valence-electron chi connectivity index (χ3n) is 2.97. The fraction of sp³-hybridized carbons (Fsp3) is 0.188. The topological polar surface area (TPSA) is 38.3 Å². The lowest BCUT2D eigenvalue weighted by Crippen LogP contribution is -2.24. The predicted molar refractivity (Wildman–Crippen MR) is 80.0 cm³/mol. The molecule has 2 rings (SSSR count). The number of halogens is 2. The molecule has 0 aliphatic rings. The van der Waals surface area contributed by atoms with Crippen LogP contribution >= 0.6 is 11.6 Å². The average Bonchev–Trinajstić information content (AvgIpc) is 2.48. The van der Waals surface area contributed by atoms with E-state index in [2.05, 4.69) is 5.32 Å². The van der Waals surface area contributed by atoms with Gasteiger partial charge in [0.1, 0.15) is 11.6 Å². The quantitative estimate of drug-likeness (QED) is 0.920. The van der Waals surface area contributed by atoms with Crippen molar-refractivity contribution >= 4 is 17.5 Å². The van der Waals surface area contributed by atoms with Gasteiger partial charge < -0.3 is 10.1 Å². The molecule has 110 valence electrons. The van der Waals surface area contributed by atoms with Gasteiger partial charge in [-0.3, -0.25) is 4.79 Å². The van der Waals surface area contributed by atoms with E-state index in [4.69, 9.17) is 16.3 Å². The second kappa shape index (κ2) is 7.09. The molecule has 0 heterocycles. The van der Waals surface area contributed by atoms with E-state index < -0.39 is 5.82 Å². The van der Waals surface area contributed by atoms with Gasteiger partial charge in [0.2, 0.25) is 5.91 Å². The first-order chi connectivity index (χ1) is 10.1. The first-order valence-corrected chi connectivity index (χ1v) is 6.80. The van der Waals surface area contributed by atoms with Crippen LogP contribution in [0.5, 0.6) is 5.75 Å². The summed E-state index contributed by atoms with van der Waals surface area (Å²) in [6.07, 6.45) is 0.256. The van der Waals surface area contributed by atoms with E-state index in [1.807, 2.05) is 24.3 Å². The van der Waals surface area contributed by atoms with Crippen molar-refractivity contribution in [1.29, 1.82) is 0 Å². The molecule has 0 bridgehead atoms. The maximum atomic E-state index is 13.0. The van der Waals surface area contributed by atoms with Crippen molar-refractivity contribution in [2.24, 2.45) is 0 Å². The Labute approximate surface area is 127 Å². The van der Waals surface area contributed by atoms with Crippen molar-refractivity contribution in [1.82, 2.24) is 5.32 Å². The maximum absolute atomic E-state index is 13.0. The smallest absolute Gasteiger partial charge is 0.224 e. The number of methoxy groups -OCH3 is 1. The first-order valence-electron chi connectivity index (χ1n) is 6.42. The van der Waals surface area contributed by atoms with Gasteiger partial charge in [-0.2, -0.15) is 0 Å². The largest absolute Gasteiger partial charge is 0.497 e. The van der Waals surface area contributed by atoms with Gasteiger partial charge in [-0.15, -0.1) is 0 Å². The minimum absolute atomic E-state index is 0.0505. The number of benzene rings is 2. The van der Waals surface area contributed by atoms with Gasteiger partial charge in [0.15, 0.2) is 0 Å². The molecule has 3 nitrogen and oxygen atoms in total. The van der Waals surface area contributed by atoms with Gasteiger partial charge in [0.05, 0.1) is 18.6 Å². The van der Waals surface area contributed by atoms with Gasteiger partial charge in [-0.25, -0.2) is 4.39 Å². The Morgan fingerprint density at radius 2 is 2.05 bits per heavy atom. The standard InChI is InChI=1S/C16H15ClFNO2/c1-21-13-4-2-3-11(7-13)9-16(20)19-10-12-5-6-15(18)14(17)8-12/h2-8H,9-10H2,1H3,(H,19,20). The Bertz CT molecular complexity index is 646. The van der Waals surface area contributed by atoms with E-state index in [0.29, 0.717) is 12.3 Å². The second-order valence-electron chi connectivity index (χ2n) is 4.55. The summed E-state index contributed by atoms with van der Waals surface area (Å²) < 4.78 is 18.1. The van der Waals surface area contributed by atoms with Crippen molar-refractivity contribution in [3.05, 3.63) is 64.4 Å². The lowest BCUT2D eigenvalue weighted by molar-refractivity contribution is -0.120. The monoisotopic (exact) mass is 307 g/mol. The van der Waals surface area contributed by atoms with E-state index in [-0.39, 0.29) is 17.4 Å². The van der Waals surface area contributed by atoms with Crippen LogP contribution in [0.1, 0.15) is 11.1 Å². The molecule has 1 N–H and O–H groups in total. The van der Waals surface area contributed by atoms with Crippen LogP contribution < -0.4 is 10.1 Å². The highest BCUT2D eigenvalue weighted by atomic mass is 35.5. The molecule has 0 aliphatic carbocycles. The van der Waals surface area contributed by atoms with Gasteiger partial charge >= 0.3 is 0 Å². The number of carbonyl (C=O) groups excluding carboxylic acids is 1. The van der Waals surface area contributed by atoms with E-state index in [1.165, 1.54) is 12.1 Å². The number of rotatable bonds is 5. The molecule has 2 aromatic carbocycles. The second-order valence-corrected chi connectivity index (χ2v) is 4.96. The Morgan fingerprint density at radius 1 is 1.24 bits per heavy atom. The molecule has 0 saturated carbocycles. The van der Waals surface area contributed by atoms with E-state index in [0.717, 1.165) is 11.1 Å². The van der Waals surface area contributed by atoms with Gasteiger partial charge in [0, 0.05) is 6.54 Å². The summed E-state index contributed by atoms with van der Waals surface area (Å²) in [6, 6.07) is 11.7. The number of hydrogen-bond donors (Lipinski definition) is 1. The van der Waals surface area contributed by atoms with Crippen LogP contribution in [0.15, 0.2) is 42.5 Å². The van der Waals surface area contributed by atoms with Crippen molar-refractivity contribution in [3.8, 4) is 5.75 Å². The molecular formula is C16H15ClFNO2. The molecule has 0 saturated heterocycles. The predicted octanol–water partition coefficient (Wildman–Crippen LogP) is 3.35. The van der Waals surface area contributed by atoms with E-state index in [9.17, 15) is 9.18 Å². The van der Waals surface area contributed by atoms with Crippen LogP contribution in [0, 0.1) is 5.82 Å². The average molecular weight is 308 g/mol. The summed E-state index contributed by atoms with van der Waals surface area (Å²) in [7, 11) is 1.58. The molecular weight excluding hydrogens is 293 g/mol. The fourth-order valence-corrected chi connectivity index (χ4v) is 2.08. The Kier molecular flexibility index (Phi) is 5.17. The number of ether oxygens (including phenoxy) is 1. The van der Waals surface area contributed by atoms with Crippen molar-refractivity contribution < 1.29 is 13.9 Å². The highest BCUT2D eigenvalue weighted by molar-refractivity contribution is 6.30. The Morgan fingerprint density at radius 3 is 2.76 bits per heavy atom. The zero-order valence-corrected chi connectivity index (χ0v) is 12.3. The van der Waals surface area contributed by atoms with Crippen molar-refractivity contribution in [2.45, 2.75) is 13.0 Å². The van der Waals surface area contributed by atoms with Crippen LogP contribution in [0.4, 0.5) is 4.39 Å². The molecule has 2 aromatic rings. The van der Waals surface area contributed by atoms with Crippen LogP contribution in [0.2, 0.25) is 5.02 Å². The molecule has 0 spiro atoms. The molecule has 0 aliphatic heterocycles. The molecule has 0 unspecified atom stereocenters. The van der Waals surface area contributed by atoms with Crippen LogP contribution in [-0.4, -0.2) is 13.0 Å². The maximum Gasteiger partial charge on any atom is 0.224 e. The lowest BCUT2D eigenvalue weighted by atomic mass is 10.1. The van der Waals surface area contributed by atoms with Crippen molar-refractivity contribution in [2.75, 3.05) is 7.11 Å². The molecule has 0 aromatic heterocycles. The Hall–Kier alpha value is -2.07. The summed E-state index contributed by atoms with van der Waals surface area (Å²) in [4.78, 5) is 11.9.